The Balaban J connectivity index is 1.86. The van der Waals surface area contributed by atoms with Crippen LogP contribution in [0.15, 0.2) is 12.2 Å². The summed E-state index contributed by atoms with van der Waals surface area (Å²) in [5.41, 5.74) is -0.738. The molecule has 2 rings (SSSR count). The van der Waals surface area contributed by atoms with Gasteiger partial charge in [-0.25, -0.2) is 0 Å². The Morgan fingerprint density at radius 2 is 1.90 bits per heavy atom. The van der Waals surface area contributed by atoms with Crippen LogP contribution in [-0.2, 0) is 9.59 Å². The molecule has 0 aromatic carbocycles. The average molecular weight is 279 g/mol. The van der Waals surface area contributed by atoms with Crippen molar-refractivity contribution in [1.82, 2.24) is 5.32 Å². The molecule has 112 valence electrons. The Morgan fingerprint density at radius 1 is 1.20 bits per heavy atom. The fourth-order valence-electron chi connectivity index (χ4n) is 3.31. The maximum Gasteiger partial charge on any atom is 0.311 e. The molecule has 1 atom stereocenters. The molecule has 2 N–H and O–H groups in total. The third kappa shape index (κ3) is 3.84. The second-order valence-corrected chi connectivity index (χ2v) is 6.25. The molecule has 1 saturated carbocycles. The summed E-state index contributed by atoms with van der Waals surface area (Å²) in [5.74, 6) is -0.420. The molecule has 0 aromatic heterocycles. The first-order valence-electron chi connectivity index (χ1n) is 7.79. The number of nitrogens with one attached hydrogen (secondary N) is 1. The fraction of sp³-hybridized carbons (Fsp3) is 0.750. The molecule has 0 aromatic rings. The van der Waals surface area contributed by atoms with E-state index in [9.17, 15) is 14.7 Å². The van der Waals surface area contributed by atoms with E-state index in [1.807, 2.05) is 0 Å². The van der Waals surface area contributed by atoms with Crippen molar-refractivity contribution in [3.05, 3.63) is 12.2 Å². The molecule has 20 heavy (non-hydrogen) atoms. The van der Waals surface area contributed by atoms with Gasteiger partial charge in [0, 0.05) is 13.0 Å². The van der Waals surface area contributed by atoms with Crippen LogP contribution in [0.2, 0.25) is 0 Å². The van der Waals surface area contributed by atoms with Crippen molar-refractivity contribution in [2.24, 2.45) is 11.3 Å². The van der Waals surface area contributed by atoms with Crippen LogP contribution in [0.1, 0.15) is 57.8 Å². The van der Waals surface area contributed by atoms with E-state index >= 15 is 0 Å². The van der Waals surface area contributed by atoms with Gasteiger partial charge in [0.2, 0.25) is 5.91 Å². The van der Waals surface area contributed by atoms with Crippen molar-refractivity contribution >= 4 is 11.9 Å². The van der Waals surface area contributed by atoms with Crippen LogP contribution < -0.4 is 5.32 Å². The number of allylic oxidation sites excluding steroid dienone is 2. The van der Waals surface area contributed by atoms with E-state index < -0.39 is 11.4 Å². The summed E-state index contributed by atoms with van der Waals surface area (Å²) in [6.45, 7) is 0.289. The summed E-state index contributed by atoms with van der Waals surface area (Å²) in [6.07, 6.45) is 12.3. The minimum absolute atomic E-state index is 0.00794. The molecule has 2 aliphatic rings. The average Bonchev–Trinajstić information content (AvgIpc) is 2.79. The van der Waals surface area contributed by atoms with Crippen molar-refractivity contribution in [3.8, 4) is 0 Å². The molecule has 1 unspecified atom stereocenters. The van der Waals surface area contributed by atoms with E-state index in [1.165, 1.54) is 0 Å². The van der Waals surface area contributed by atoms with Crippen LogP contribution in [0.3, 0.4) is 0 Å². The summed E-state index contributed by atoms with van der Waals surface area (Å²) in [7, 11) is 0. The number of hydrogen-bond donors (Lipinski definition) is 2. The maximum absolute atomic E-state index is 12.0. The molecule has 0 spiro atoms. The highest BCUT2D eigenvalue weighted by atomic mass is 16.4. The summed E-state index contributed by atoms with van der Waals surface area (Å²) in [4.78, 5) is 23.6. The predicted molar refractivity (Wildman–Crippen MR) is 77.3 cm³/mol. The van der Waals surface area contributed by atoms with E-state index in [4.69, 9.17) is 0 Å². The van der Waals surface area contributed by atoms with E-state index in [-0.39, 0.29) is 12.5 Å². The molecule has 0 heterocycles. The van der Waals surface area contributed by atoms with Crippen LogP contribution in [0.5, 0.6) is 0 Å². The zero-order valence-corrected chi connectivity index (χ0v) is 12.1. The third-order valence-corrected chi connectivity index (χ3v) is 4.70. The number of carbonyl (C=O) groups excluding carboxylic acids is 1. The molecule has 2 aliphatic carbocycles. The second-order valence-electron chi connectivity index (χ2n) is 6.25. The number of hydrogen-bond acceptors (Lipinski definition) is 2. The summed E-state index contributed by atoms with van der Waals surface area (Å²) in [6, 6.07) is 0. The van der Waals surface area contributed by atoms with Gasteiger partial charge in [0.1, 0.15) is 0 Å². The largest absolute Gasteiger partial charge is 0.481 e. The van der Waals surface area contributed by atoms with E-state index in [1.54, 1.807) is 0 Å². The lowest BCUT2D eigenvalue weighted by atomic mass is 9.80. The SMILES string of the molecule is O=C(CC1C=CCC1)NCC1(C(=O)O)CCCCCC1. The van der Waals surface area contributed by atoms with Gasteiger partial charge >= 0.3 is 5.97 Å². The second kappa shape index (κ2) is 6.91. The highest BCUT2D eigenvalue weighted by Gasteiger charge is 2.38. The molecular weight excluding hydrogens is 254 g/mol. The molecule has 0 bridgehead atoms. The van der Waals surface area contributed by atoms with Gasteiger partial charge in [0.25, 0.3) is 0 Å². The zero-order chi connectivity index (χ0) is 14.4. The Bertz CT molecular complexity index is 381. The lowest BCUT2D eigenvalue weighted by molar-refractivity contribution is -0.149. The molecule has 0 aliphatic heterocycles. The monoisotopic (exact) mass is 279 g/mol. The number of rotatable bonds is 5. The van der Waals surface area contributed by atoms with Crippen molar-refractivity contribution in [2.45, 2.75) is 57.8 Å². The normalized spacial score (nSPS) is 25.1. The van der Waals surface area contributed by atoms with Crippen LogP contribution in [0, 0.1) is 11.3 Å². The maximum atomic E-state index is 12.0. The Labute approximate surface area is 120 Å². The van der Waals surface area contributed by atoms with Gasteiger partial charge in [-0.1, -0.05) is 37.8 Å². The first kappa shape index (κ1) is 15.1. The molecule has 1 amide bonds. The molecule has 4 heteroatoms. The van der Waals surface area contributed by atoms with Gasteiger partial charge in [0.05, 0.1) is 5.41 Å². The predicted octanol–water partition coefficient (Wildman–Crippen LogP) is 2.88. The highest BCUT2D eigenvalue weighted by molar-refractivity contribution is 5.79. The van der Waals surface area contributed by atoms with Gasteiger partial charge in [0.15, 0.2) is 0 Å². The first-order valence-corrected chi connectivity index (χ1v) is 7.79. The van der Waals surface area contributed by atoms with Crippen molar-refractivity contribution in [1.29, 1.82) is 0 Å². The minimum Gasteiger partial charge on any atom is -0.481 e. The number of aliphatic carboxylic acids is 1. The lowest BCUT2D eigenvalue weighted by Crippen LogP contribution is -2.43. The van der Waals surface area contributed by atoms with E-state index in [0.29, 0.717) is 25.2 Å². The molecule has 1 fully saturated rings. The summed E-state index contributed by atoms with van der Waals surface area (Å²) < 4.78 is 0. The summed E-state index contributed by atoms with van der Waals surface area (Å²) >= 11 is 0. The fourth-order valence-corrected chi connectivity index (χ4v) is 3.31. The highest BCUT2D eigenvalue weighted by Crippen LogP contribution is 2.35. The third-order valence-electron chi connectivity index (χ3n) is 4.70. The van der Waals surface area contributed by atoms with Crippen LogP contribution in [0.25, 0.3) is 0 Å². The smallest absolute Gasteiger partial charge is 0.311 e. The quantitative estimate of drug-likeness (QED) is 0.600. The number of carboxylic acid groups (broad SMARTS) is 1. The molecule has 0 saturated heterocycles. The Kier molecular flexibility index (Phi) is 5.21. The molecular formula is C16H25NO3. The van der Waals surface area contributed by atoms with Gasteiger partial charge < -0.3 is 10.4 Å². The van der Waals surface area contributed by atoms with Crippen molar-refractivity contribution in [2.75, 3.05) is 6.54 Å². The van der Waals surface area contributed by atoms with Gasteiger partial charge in [-0.15, -0.1) is 0 Å². The number of carboxylic acids is 1. The van der Waals surface area contributed by atoms with Gasteiger partial charge in [-0.05, 0) is 31.6 Å². The Hall–Kier alpha value is -1.32. The van der Waals surface area contributed by atoms with E-state index in [2.05, 4.69) is 17.5 Å². The van der Waals surface area contributed by atoms with Crippen LogP contribution in [0.4, 0.5) is 0 Å². The minimum atomic E-state index is -0.750. The van der Waals surface area contributed by atoms with Gasteiger partial charge in [-0.3, -0.25) is 9.59 Å². The first-order chi connectivity index (χ1) is 9.62. The van der Waals surface area contributed by atoms with Crippen molar-refractivity contribution in [3.63, 3.8) is 0 Å². The standard InChI is InChI=1S/C16H25NO3/c18-14(11-13-7-3-4-8-13)17-12-16(15(19)20)9-5-1-2-6-10-16/h3,7,13H,1-2,4-6,8-12H2,(H,17,18)(H,19,20). The van der Waals surface area contributed by atoms with E-state index in [0.717, 1.165) is 38.5 Å². The topological polar surface area (TPSA) is 66.4 Å². The Morgan fingerprint density at radius 3 is 2.45 bits per heavy atom. The number of carbonyl (C=O) groups is 2. The summed E-state index contributed by atoms with van der Waals surface area (Å²) in [5, 5.41) is 12.4. The zero-order valence-electron chi connectivity index (χ0n) is 12.1. The lowest BCUT2D eigenvalue weighted by Gasteiger charge is -2.28. The van der Waals surface area contributed by atoms with Crippen LogP contribution >= 0.6 is 0 Å². The molecule has 0 radical (unpaired) electrons. The number of amides is 1. The van der Waals surface area contributed by atoms with Crippen molar-refractivity contribution < 1.29 is 14.7 Å². The van der Waals surface area contributed by atoms with Gasteiger partial charge in [-0.2, -0.15) is 0 Å². The molecule has 4 nitrogen and oxygen atoms in total. The van der Waals surface area contributed by atoms with Crippen LogP contribution in [-0.4, -0.2) is 23.5 Å².